The van der Waals surface area contributed by atoms with E-state index in [-0.39, 0.29) is 12.4 Å². The summed E-state index contributed by atoms with van der Waals surface area (Å²) >= 11 is 0. The fourth-order valence-electron chi connectivity index (χ4n) is 1.76. The smallest absolute Gasteiger partial charge is 0.124 e. The van der Waals surface area contributed by atoms with Gasteiger partial charge in [-0.2, -0.15) is 0 Å². The highest BCUT2D eigenvalue weighted by molar-refractivity contribution is 5.85. The minimum Gasteiger partial charge on any atom is -0.313 e. The van der Waals surface area contributed by atoms with Gasteiger partial charge in [0.2, 0.25) is 0 Å². The molecule has 3 rings (SSSR count). The molecule has 1 N–H and O–H groups in total. The van der Waals surface area contributed by atoms with E-state index in [4.69, 9.17) is 0 Å². The van der Waals surface area contributed by atoms with Crippen LogP contribution in [0.25, 0.3) is 0 Å². The molecular weight excluding hydrogens is 141 g/mol. The zero-order valence-electron chi connectivity index (χ0n) is 5.19. The lowest BCUT2D eigenvalue weighted by Crippen LogP contribution is -2.56. The molecule has 0 spiro atoms. The molecule has 2 aliphatic heterocycles. The molecule has 0 radical (unpaired) electrons. The Hall–Kier alpha value is 0.180. The van der Waals surface area contributed by atoms with E-state index in [1.54, 1.807) is 0 Å². The van der Waals surface area contributed by atoms with Gasteiger partial charge in [0.15, 0.2) is 0 Å². The Balaban J connectivity index is 0.000000405. The molecule has 1 saturated carbocycles. The Bertz CT molecular complexity index is 106. The topological polar surface area (TPSA) is 12.0 Å². The molecule has 3 fully saturated rings. The van der Waals surface area contributed by atoms with Crippen LogP contribution in [0.15, 0.2) is 0 Å². The summed E-state index contributed by atoms with van der Waals surface area (Å²) in [5, 5.41) is 3.05. The number of halogens is 2. The van der Waals surface area contributed by atoms with Crippen LogP contribution in [0.5, 0.6) is 0 Å². The molecule has 0 atom stereocenters. The Morgan fingerprint density at radius 3 is 2.33 bits per heavy atom. The van der Waals surface area contributed by atoms with E-state index in [2.05, 4.69) is 5.32 Å². The third kappa shape index (κ3) is 1.06. The Kier molecular flexibility index (Phi) is 1.70. The lowest BCUT2D eigenvalue weighted by molar-refractivity contribution is -0.0231. The SMILES string of the molecule is Cl.FC12CNCC(C1)C2. The Labute approximate surface area is 60.4 Å². The van der Waals surface area contributed by atoms with E-state index in [1.165, 1.54) is 0 Å². The van der Waals surface area contributed by atoms with Crippen LogP contribution in [0.1, 0.15) is 12.8 Å². The number of hydrogen-bond acceptors (Lipinski definition) is 1. The van der Waals surface area contributed by atoms with Gasteiger partial charge in [0.1, 0.15) is 5.67 Å². The molecule has 1 aliphatic carbocycles. The summed E-state index contributed by atoms with van der Waals surface area (Å²) in [5.41, 5.74) is -0.789. The van der Waals surface area contributed by atoms with Gasteiger partial charge in [0.25, 0.3) is 0 Å². The van der Waals surface area contributed by atoms with Crippen LogP contribution in [-0.4, -0.2) is 18.8 Å². The molecule has 0 aromatic carbocycles. The molecule has 0 aromatic rings. The molecule has 54 valence electrons. The van der Waals surface area contributed by atoms with Crippen LogP contribution in [0, 0.1) is 5.92 Å². The lowest BCUT2D eigenvalue weighted by atomic mass is 9.69. The van der Waals surface area contributed by atoms with Crippen LogP contribution in [0.3, 0.4) is 0 Å². The number of fused-ring (bicyclic) bond motifs is 2. The summed E-state index contributed by atoms with van der Waals surface area (Å²) in [5.74, 6) is 0.661. The van der Waals surface area contributed by atoms with Gasteiger partial charge in [-0.3, -0.25) is 0 Å². The van der Waals surface area contributed by atoms with Crippen molar-refractivity contribution in [3.8, 4) is 0 Å². The van der Waals surface area contributed by atoms with E-state index in [1.807, 2.05) is 0 Å². The van der Waals surface area contributed by atoms with E-state index < -0.39 is 5.67 Å². The van der Waals surface area contributed by atoms with Gasteiger partial charge in [-0.1, -0.05) is 0 Å². The molecule has 3 aliphatic rings. The zero-order chi connectivity index (χ0) is 5.61. The number of alkyl halides is 1. The van der Waals surface area contributed by atoms with Crippen molar-refractivity contribution in [2.45, 2.75) is 18.5 Å². The van der Waals surface area contributed by atoms with Crippen molar-refractivity contribution in [3.05, 3.63) is 0 Å². The number of nitrogens with one attached hydrogen (secondary N) is 1. The van der Waals surface area contributed by atoms with Crippen molar-refractivity contribution in [1.29, 1.82) is 0 Å². The van der Waals surface area contributed by atoms with Crippen molar-refractivity contribution < 1.29 is 4.39 Å². The summed E-state index contributed by atoms with van der Waals surface area (Å²) in [6.45, 7) is 1.65. The second-order valence-corrected chi connectivity index (χ2v) is 3.06. The first-order valence-electron chi connectivity index (χ1n) is 3.18. The predicted octanol–water partition coefficient (Wildman–Crippen LogP) is 1.13. The Morgan fingerprint density at radius 1 is 1.44 bits per heavy atom. The highest BCUT2D eigenvalue weighted by Gasteiger charge is 2.47. The molecule has 1 nitrogen and oxygen atoms in total. The van der Waals surface area contributed by atoms with Gasteiger partial charge in [-0.25, -0.2) is 4.39 Å². The van der Waals surface area contributed by atoms with Crippen LogP contribution >= 0.6 is 12.4 Å². The highest BCUT2D eigenvalue weighted by Crippen LogP contribution is 2.42. The van der Waals surface area contributed by atoms with Crippen molar-refractivity contribution >= 4 is 12.4 Å². The maximum atomic E-state index is 12.9. The minimum atomic E-state index is -0.789. The van der Waals surface area contributed by atoms with Gasteiger partial charge in [0, 0.05) is 6.54 Å². The van der Waals surface area contributed by atoms with Crippen LogP contribution < -0.4 is 5.32 Å². The van der Waals surface area contributed by atoms with Crippen LogP contribution in [-0.2, 0) is 0 Å². The van der Waals surface area contributed by atoms with Crippen LogP contribution in [0.4, 0.5) is 4.39 Å². The van der Waals surface area contributed by atoms with Gasteiger partial charge < -0.3 is 5.32 Å². The zero-order valence-corrected chi connectivity index (χ0v) is 6.01. The Morgan fingerprint density at radius 2 is 2.11 bits per heavy atom. The summed E-state index contributed by atoms with van der Waals surface area (Å²) in [6, 6.07) is 0. The van der Waals surface area contributed by atoms with Gasteiger partial charge in [-0.15, -0.1) is 12.4 Å². The normalized spacial score (nSPS) is 47.0. The average molecular weight is 152 g/mol. The first-order chi connectivity index (χ1) is 3.79. The van der Waals surface area contributed by atoms with E-state index in [0.29, 0.717) is 12.5 Å². The van der Waals surface area contributed by atoms with E-state index in [0.717, 1.165) is 19.4 Å². The number of piperidine rings is 2. The van der Waals surface area contributed by atoms with Gasteiger partial charge in [0.05, 0.1) is 0 Å². The maximum absolute atomic E-state index is 12.9. The summed E-state index contributed by atoms with van der Waals surface area (Å²) < 4.78 is 12.9. The average Bonchev–Trinajstić information content (AvgIpc) is 1.63. The standard InChI is InChI=1S/C6H10FN.ClH/c7-6-1-5(2-6)3-8-4-6;/h5,8H,1-4H2;1H. The summed E-state index contributed by atoms with van der Waals surface area (Å²) in [6.07, 6.45) is 1.64. The van der Waals surface area contributed by atoms with Crippen molar-refractivity contribution in [1.82, 2.24) is 5.32 Å². The third-order valence-corrected chi connectivity index (χ3v) is 2.18. The molecule has 0 amide bonds. The summed E-state index contributed by atoms with van der Waals surface area (Å²) in [4.78, 5) is 0. The first kappa shape index (κ1) is 7.29. The maximum Gasteiger partial charge on any atom is 0.124 e. The van der Waals surface area contributed by atoms with Gasteiger partial charge >= 0.3 is 0 Å². The van der Waals surface area contributed by atoms with E-state index in [9.17, 15) is 4.39 Å². The molecule has 2 heterocycles. The molecule has 2 bridgehead atoms. The first-order valence-corrected chi connectivity index (χ1v) is 3.18. The second kappa shape index (κ2) is 2.10. The molecule has 0 unspecified atom stereocenters. The predicted molar refractivity (Wildman–Crippen MR) is 36.7 cm³/mol. The molecular formula is C6H11ClFN. The monoisotopic (exact) mass is 151 g/mol. The second-order valence-electron chi connectivity index (χ2n) is 3.06. The molecule has 3 heteroatoms. The number of rotatable bonds is 0. The minimum absolute atomic E-state index is 0. The quantitative estimate of drug-likeness (QED) is 0.548. The fraction of sp³-hybridized carbons (Fsp3) is 1.00. The molecule has 2 saturated heterocycles. The largest absolute Gasteiger partial charge is 0.313 e. The third-order valence-electron chi connectivity index (χ3n) is 2.18. The highest BCUT2D eigenvalue weighted by atomic mass is 35.5. The molecule has 9 heavy (non-hydrogen) atoms. The summed E-state index contributed by atoms with van der Waals surface area (Å²) in [7, 11) is 0. The van der Waals surface area contributed by atoms with E-state index >= 15 is 0 Å². The molecule has 0 aromatic heterocycles. The van der Waals surface area contributed by atoms with Crippen LogP contribution in [0.2, 0.25) is 0 Å². The number of hydrogen-bond donors (Lipinski definition) is 1. The lowest BCUT2D eigenvalue weighted by Gasteiger charge is -2.46. The van der Waals surface area contributed by atoms with Crippen molar-refractivity contribution in [2.24, 2.45) is 5.92 Å². The van der Waals surface area contributed by atoms with Gasteiger partial charge in [-0.05, 0) is 25.3 Å². The van der Waals surface area contributed by atoms with Crippen molar-refractivity contribution in [2.75, 3.05) is 13.1 Å². The van der Waals surface area contributed by atoms with Crippen molar-refractivity contribution in [3.63, 3.8) is 0 Å². The fourth-order valence-corrected chi connectivity index (χ4v) is 1.76.